The molecule has 0 bridgehead atoms. The lowest BCUT2D eigenvalue weighted by Gasteiger charge is -2.39. The van der Waals surface area contributed by atoms with Crippen LogP contribution in [0.25, 0.3) is 0 Å². The number of rotatable bonds is 3. The van der Waals surface area contributed by atoms with E-state index in [1.165, 1.54) is 16.1 Å². The second-order valence-corrected chi connectivity index (χ2v) is 5.97. The van der Waals surface area contributed by atoms with E-state index in [4.69, 9.17) is 14.3 Å². The van der Waals surface area contributed by atoms with Gasteiger partial charge in [-0.25, -0.2) is 4.79 Å². The number of carboxylic acids is 1. The molecule has 8 heteroatoms. The monoisotopic (exact) mass is 336 g/mol. The number of nitrogens with zero attached hydrogens (tertiary/aromatic N) is 2. The van der Waals surface area contributed by atoms with Crippen molar-refractivity contribution in [1.29, 1.82) is 0 Å². The molecule has 2 fully saturated rings. The van der Waals surface area contributed by atoms with Gasteiger partial charge in [-0.2, -0.15) is 0 Å². The Kier molecular flexibility index (Phi) is 4.84. The van der Waals surface area contributed by atoms with Crippen LogP contribution < -0.4 is 0 Å². The van der Waals surface area contributed by atoms with E-state index >= 15 is 0 Å². The number of morpholine rings is 1. The van der Waals surface area contributed by atoms with Crippen molar-refractivity contribution in [2.45, 2.75) is 31.4 Å². The molecule has 0 aliphatic carbocycles. The first-order chi connectivity index (χ1) is 11.6. The van der Waals surface area contributed by atoms with Crippen LogP contribution in [-0.2, 0) is 14.3 Å². The molecule has 130 valence electrons. The Balaban J connectivity index is 1.74. The fourth-order valence-electron chi connectivity index (χ4n) is 3.18. The summed E-state index contributed by atoms with van der Waals surface area (Å²) in [6.45, 7) is 1.01. The highest BCUT2D eigenvalue weighted by Crippen LogP contribution is 2.22. The Morgan fingerprint density at radius 1 is 1.21 bits per heavy atom. The summed E-state index contributed by atoms with van der Waals surface area (Å²) in [5.41, 5.74) is 0. The first kappa shape index (κ1) is 16.5. The number of ether oxygens (including phenoxy) is 1. The van der Waals surface area contributed by atoms with Crippen molar-refractivity contribution in [1.82, 2.24) is 9.80 Å². The Morgan fingerprint density at radius 2 is 2.04 bits per heavy atom. The molecule has 2 saturated heterocycles. The lowest BCUT2D eigenvalue weighted by Crippen LogP contribution is -2.57. The van der Waals surface area contributed by atoms with Crippen LogP contribution >= 0.6 is 0 Å². The van der Waals surface area contributed by atoms with Crippen LogP contribution in [0.3, 0.4) is 0 Å². The highest BCUT2D eigenvalue weighted by atomic mass is 16.5. The molecule has 1 aromatic heterocycles. The smallest absolute Gasteiger partial charge is 0.334 e. The molecule has 3 heterocycles. The number of hydrogen-bond acceptors (Lipinski definition) is 5. The number of carbonyl (C=O) groups is 3. The van der Waals surface area contributed by atoms with E-state index in [-0.39, 0.29) is 30.7 Å². The van der Waals surface area contributed by atoms with Gasteiger partial charge in [0.2, 0.25) is 5.91 Å². The number of hydrogen-bond donors (Lipinski definition) is 1. The maximum atomic E-state index is 12.9. The molecule has 2 aliphatic heterocycles. The summed E-state index contributed by atoms with van der Waals surface area (Å²) in [7, 11) is 0. The molecular formula is C16H20N2O6. The van der Waals surface area contributed by atoms with E-state index in [0.29, 0.717) is 19.5 Å². The van der Waals surface area contributed by atoms with Gasteiger partial charge in [-0.3, -0.25) is 9.59 Å². The van der Waals surface area contributed by atoms with Gasteiger partial charge in [-0.15, -0.1) is 0 Å². The van der Waals surface area contributed by atoms with Gasteiger partial charge in [0.15, 0.2) is 11.9 Å². The third-order valence-electron chi connectivity index (χ3n) is 4.43. The van der Waals surface area contributed by atoms with Crippen molar-refractivity contribution in [3.05, 3.63) is 24.2 Å². The van der Waals surface area contributed by atoms with E-state index < -0.39 is 18.1 Å². The van der Waals surface area contributed by atoms with E-state index in [2.05, 4.69) is 0 Å². The lowest BCUT2D eigenvalue weighted by atomic mass is 10.00. The number of carbonyl (C=O) groups excluding carboxylic acids is 2. The van der Waals surface area contributed by atoms with E-state index in [1.807, 2.05) is 0 Å². The largest absolute Gasteiger partial charge is 0.479 e. The van der Waals surface area contributed by atoms with Crippen LogP contribution in [0.1, 0.15) is 29.8 Å². The van der Waals surface area contributed by atoms with Gasteiger partial charge >= 0.3 is 5.97 Å². The van der Waals surface area contributed by atoms with Crippen LogP contribution in [0.2, 0.25) is 0 Å². The van der Waals surface area contributed by atoms with E-state index in [1.54, 1.807) is 12.1 Å². The van der Waals surface area contributed by atoms with Crippen molar-refractivity contribution >= 4 is 17.8 Å². The average Bonchev–Trinajstić information content (AvgIpc) is 3.15. The zero-order valence-electron chi connectivity index (χ0n) is 13.2. The topological polar surface area (TPSA) is 100 Å². The molecule has 0 saturated carbocycles. The summed E-state index contributed by atoms with van der Waals surface area (Å²) in [5, 5.41) is 9.07. The highest BCUT2D eigenvalue weighted by Gasteiger charge is 2.38. The molecule has 1 N–H and O–H groups in total. The molecule has 2 unspecified atom stereocenters. The SMILES string of the molecule is O=C(O)C1CN(C(=O)C2CCCCN2C(=O)c2ccco2)CCO1. The van der Waals surface area contributed by atoms with Crippen LogP contribution in [0.5, 0.6) is 0 Å². The number of aliphatic carboxylic acids is 1. The van der Waals surface area contributed by atoms with Crippen molar-refractivity contribution < 1.29 is 28.6 Å². The van der Waals surface area contributed by atoms with Crippen LogP contribution in [0, 0.1) is 0 Å². The predicted molar refractivity (Wildman–Crippen MR) is 81.3 cm³/mol. The normalized spacial score (nSPS) is 24.7. The zero-order chi connectivity index (χ0) is 17.1. The molecule has 2 atom stereocenters. The van der Waals surface area contributed by atoms with Gasteiger partial charge in [0.1, 0.15) is 6.04 Å². The second kappa shape index (κ2) is 7.04. The second-order valence-electron chi connectivity index (χ2n) is 5.97. The summed E-state index contributed by atoms with van der Waals surface area (Å²) < 4.78 is 10.3. The van der Waals surface area contributed by atoms with Gasteiger partial charge in [0.25, 0.3) is 5.91 Å². The quantitative estimate of drug-likeness (QED) is 0.867. The van der Waals surface area contributed by atoms with Crippen molar-refractivity contribution in [2.24, 2.45) is 0 Å². The Labute approximate surface area is 139 Å². The molecule has 0 radical (unpaired) electrons. The highest BCUT2D eigenvalue weighted by molar-refractivity contribution is 5.95. The maximum absolute atomic E-state index is 12.9. The number of piperidine rings is 1. The molecule has 3 rings (SSSR count). The Morgan fingerprint density at radius 3 is 2.75 bits per heavy atom. The summed E-state index contributed by atoms with van der Waals surface area (Å²) >= 11 is 0. The van der Waals surface area contributed by atoms with Gasteiger partial charge < -0.3 is 24.1 Å². The molecule has 1 aromatic rings. The van der Waals surface area contributed by atoms with E-state index in [0.717, 1.165) is 12.8 Å². The van der Waals surface area contributed by atoms with Crippen molar-refractivity contribution in [3.8, 4) is 0 Å². The molecule has 2 aliphatic rings. The predicted octanol–water partition coefficient (Wildman–Crippen LogP) is 0.586. The van der Waals surface area contributed by atoms with Gasteiger partial charge in [0, 0.05) is 13.1 Å². The number of amides is 2. The van der Waals surface area contributed by atoms with Gasteiger partial charge in [0.05, 0.1) is 19.4 Å². The van der Waals surface area contributed by atoms with E-state index in [9.17, 15) is 14.4 Å². The fourth-order valence-corrected chi connectivity index (χ4v) is 3.18. The Bertz CT molecular complexity index is 614. The summed E-state index contributed by atoms with van der Waals surface area (Å²) in [4.78, 5) is 39.5. The summed E-state index contributed by atoms with van der Waals surface area (Å²) in [5.74, 6) is -1.40. The molecule has 24 heavy (non-hydrogen) atoms. The summed E-state index contributed by atoms with van der Waals surface area (Å²) in [6.07, 6.45) is 2.66. The number of likely N-dealkylation sites (tertiary alicyclic amines) is 1. The minimum atomic E-state index is -1.08. The fraction of sp³-hybridized carbons (Fsp3) is 0.562. The molecule has 2 amide bonds. The molecular weight excluding hydrogens is 316 g/mol. The maximum Gasteiger partial charge on any atom is 0.334 e. The standard InChI is InChI=1S/C16H20N2O6/c19-14(17-7-9-24-13(10-17)16(21)22)11-4-1-2-6-18(11)15(20)12-5-3-8-23-12/h3,5,8,11,13H,1-2,4,6-7,9-10H2,(H,21,22). The first-order valence-corrected chi connectivity index (χ1v) is 8.05. The molecule has 0 aromatic carbocycles. The minimum absolute atomic E-state index is 0.00739. The number of carboxylic acid groups (broad SMARTS) is 1. The zero-order valence-corrected chi connectivity index (χ0v) is 13.2. The summed E-state index contributed by atoms with van der Waals surface area (Å²) in [6, 6.07) is 2.63. The molecule has 0 spiro atoms. The minimum Gasteiger partial charge on any atom is -0.479 e. The van der Waals surface area contributed by atoms with Crippen LogP contribution in [0.15, 0.2) is 22.8 Å². The number of furan rings is 1. The third kappa shape index (κ3) is 3.28. The van der Waals surface area contributed by atoms with Crippen molar-refractivity contribution in [3.63, 3.8) is 0 Å². The Hall–Kier alpha value is -2.35. The van der Waals surface area contributed by atoms with Crippen LogP contribution in [0.4, 0.5) is 0 Å². The lowest BCUT2D eigenvalue weighted by molar-refractivity contribution is -0.161. The van der Waals surface area contributed by atoms with Crippen molar-refractivity contribution in [2.75, 3.05) is 26.2 Å². The first-order valence-electron chi connectivity index (χ1n) is 8.05. The van der Waals surface area contributed by atoms with Crippen LogP contribution in [-0.4, -0.2) is 71.1 Å². The average molecular weight is 336 g/mol. The molecule has 8 nitrogen and oxygen atoms in total. The van der Waals surface area contributed by atoms with Gasteiger partial charge in [-0.1, -0.05) is 0 Å². The van der Waals surface area contributed by atoms with Gasteiger partial charge in [-0.05, 0) is 31.4 Å². The third-order valence-corrected chi connectivity index (χ3v) is 4.43.